The number of hydrogen-bond acceptors (Lipinski definition) is 1. The van der Waals surface area contributed by atoms with Crippen molar-refractivity contribution >= 4 is 42.9 Å². The van der Waals surface area contributed by atoms with E-state index >= 15 is 0 Å². The molecule has 0 aliphatic carbocycles. The monoisotopic (exact) mass is 405 g/mol. The molecule has 0 amide bonds. The molecule has 0 atom stereocenters. The summed E-state index contributed by atoms with van der Waals surface area (Å²) in [5, 5.41) is 2.96. The Balaban J connectivity index is 0.000000621. The summed E-state index contributed by atoms with van der Waals surface area (Å²) in [6, 6.07) is 5.27. The van der Waals surface area contributed by atoms with Crippen molar-refractivity contribution < 1.29 is 25.5 Å². The van der Waals surface area contributed by atoms with Gasteiger partial charge in [0.1, 0.15) is 0 Å². The fourth-order valence-electron chi connectivity index (χ4n) is 1.21. The molecule has 0 unspecified atom stereocenters. The molecule has 0 bridgehead atoms. The van der Waals surface area contributed by atoms with Crippen LogP contribution >= 0.6 is 37.2 Å². The van der Waals surface area contributed by atoms with Crippen LogP contribution in [0.25, 0.3) is 0 Å². The third kappa shape index (κ3) is 12.4. The molecule has 1 aromatic carbocycles. The zero-order valence-electron chi connectivity index (χ0n) is 10.6. The van der Waals surface area contributed by atoms with Crippen LogP contribution in [0, 0.1) is 0 Å². The van der Waals surface area contributed by atoms with Gasteiger partial charge in [-0.15, -0.1) is 0 Å². The molecule has 116 valence electrons. The Bertz CT molecular complexity index is 390. The second-order valence-electron chi connectivity index (χ2n) is 3.79. The van der Waals surface area contributed by atoms with E-state index in [0.717, 1.165) is 25.0 Å². The first-order valence-corrected chi connectivity index (χ1v) is 14.3. The molecule has 0 spiro atoms. The maximum atomic E-state index is 12.3. The van der Waals surface area contributed by atoms with Crippen LogP contribution in [-0.4, -0.2) is 6.54 Å². The van der Waals surface area contributed by atoms with E-state index in [0.29, 0.717) is 12.2 Å². The molecule has 0 aliphatic rings. The first-order chi connectivity index (χ1) is 9.04. The number of halogens is 7. The topological polar surface area (TPSA) is 12.0 Å². The van der Waals surface area contributed by atoms with Gasteiger partial charge in [-0.1, -0.05) is 19.4 Å². The van der Waals surface area contributed by atoms with Crippen LogP contribution in [0.3, 0.4) is 0 Å². The van der Waals surface area contributed by atoms with Crippen LogP contribution in [0.1, 0.15) is 25.3 Å². The van der Waals surface area contributed by atoms with Crippen molar-refractivity contribution in [1.82, 2.24) is 0 Å². The van der Waals surface area contributed by atoms with Crippen LogP contribution in [-0.2, 0) is 18.5 Å². The van der Waals surface area contributed by atoms with E-state index in [4.69, 9.17) is 37.2 Å². The molecule has 0 aromatic heterocycles. The molecule has 0 radical (unpaired) electrons. The van der Waals surface area contributed by atoms with E-state index in [1.54, 1.807) is 6.07 Å². The number of hydrogen-bond donors (Lipinski definition) is 1. The van der Waals surface area contributed by atoms with Crippen molar-refractivity contribution in [2.45, 2.75) is 25.9 Å². The Labute approximate surface area is 135 Å². The van der Waals surface area contributed by atoms with Gasteiger partial charge in [0.25, 0.3) is 0 Å². The van der Waals surface area contributed by atoms with Crippen molar-refractivity contribution in [3.63, 3.8) is 0 Å². The number of rotatable bonds is 4. The van der Waals surface area contributed by atoms with E-state index in [1.165, 1.54) is 6.07 Å². The molecule has 1 nitrogen and oxygen atoms in total. The Hall–Kier alpha value is 0.684. The van der Waals surface area contributed by atoms with Gasteiger partial charge in [0, 0.05) is 12.2 Å². The van der Waals surface area contributed by atoms with E-state index in [9.17, 15) is 13.2 Å². The van der Waals surface area contributed by atoms with Crippen LogP contribution in [0.2, 0.25) is 0 Å². The Kier molecular flexibility index (Phi) is 9.98. The summed E-state index contributed by atoms with van der Waals surface area (Å²) in [5.41, 5.74) is -0.0812. The van der Waals surface area contributed by atoms with Crippen molar-refractivity contribution in [2.24, 2.45) is 0 Å². The van der Waals surface area contributed by atoms with Gasteiger partial charge in [0.15, 0.2) is 0 Å². The minimum atomic E-state index is -4.26. The van der Waals surface area contributed by atoms with Crippen molar-refractivity contribution in [2.75, 3.05) is 11.9 Å². The van der Waals surface area contributed by atoms with Gasteiger partial charge in [0.05, 0.1) is 5.56 Å². The van der Waals surface area contributed by atoms with Gasteiger partial charge in [-0.25, -0.2) is 0 Å². The van der Waals surface area contributed by atoms with E-state index in [1.807, 2.05) is 6.92 Å². The molecule has 0 heterocycles. The second-order valence-corrected chi connectivity index (χ2v) is 19.3. The molecule has 9 heteroatoms. The van der Waals surface area contributed by atoms with Crippen molar-refractivity contribution in [1.29, 1.82) is 0 Å². The first kappa shape index (κ1) is 20.7. The Morgan fingerprint density at radius 1 is 1.15 bits per heavy atom. The molecule has 0 aliphatic heterocycles. The Morgan fingerprint density at radius 2 is 1.70 bits per heavy atom. The average molecular weight is 407 g/mol. The number of anilines is 1. The van der Waals surface area contributed by atoms with E-state index in [-0.39, 0.29) is 0 Å². The molecule has 1 rings (SSSR count). The molecule has 1 N–H and O–H groups in total. The zero-order valence-corrected chi connectivity index (χ0v) is 15.2. The molecule has 0 saturated heterocycles. The summed E-state index contributed by atoms with van der Waals surface area (Å²) in [5.74, 6) is 0. The van der Waals surface area contributed by atoms with Crippen LogP contribution in [0.15, 0.2) is 24.3 Å². The van der Waals surface area contributed by atoms with Gasteiger partial charge in [-0.05, 0) is 24.6 Å². The third-order valence-corrected chi connectivity index (χ3v) is 2.05. The number of nitrogens with one attached hydrogen (secondary N) is 1. The van der Waals surface area contributed by atoms with E-state index < -0.39 is 24.1 Å². The van der Waals surface area contributed by atoms with Crippen LogP contribution in [0.5, 0.6) is 0 Å². The van der Waals surface area contributed by atoms with Gasteiger partial charge >= 0.3 is 55.7 Å². The number of benzene rings is 1. The predicted molar refractivity (Wildman–Crippen MR) is 78.3 cm³/mol. The summed E-state index contributed by atoms with van der Waals surface area (Å²) in [6.45, 7) is 2.74. The molecule has 0 fully saturated rings. The van der Waals surface area contributed by atoms with E-state index in [2.05, 4.69) is 5.32 Å². The van der Waals surface area contributed by atoms with Gasteiger partial charge < -0.3 is 5.32 Å². The number of alkyl halides is 3. The molecule has 20 heavy (non-hydrogen) atoms. The maximum absolute atomic E-state index is 12.3. The summed E-state index contributed by atoms with van der Waals surface area (Å²) in [6.07, 6.45) is -2.29. The van der Waals surface area contributed by atoms with Gasteiger partial charge in [0.2, 0.25) is 0 Å². The van der Waals surface area contributed by atoms with Crippen molar-refractivity contribution in [3.8, 4) is 0 Å². The molecular weight excluding hydrogens is 393 g/mol. The first-order valence-electron chi connectivity index (χ1n) is 5.70. The van der Waals surface area contributed by atoms with Gasteiger partial charge in [-0.3, -0.25) is 0 Å². The van der Waals surface area contributed by atoms with Crippen LogP contribution < -0.4 is 5.32 Å². The molecule has 1 aromatic rings. The van der Waals surface area contributed by atoms with Crippen LogP contribution in [0.4, 0.5) is 18.9 Å². The summed E-state index contributed by atoms with van der Waals surface area (Å²) < 4.78 is 37.0. The summed E-state index contributed by atoms with van der Waals surface area (Å²) >= 11 is -3.11. The quantitative estimate of drug-likeness (QED) is 0.434. The third-order valence-electron chi connectivity index (χ3n) is 2.05. The SMILES string of the molecule is CCCCNc1cccc(C(F)(F)F)c1.[Cl][Ti]([Cl])([Cl])[Cl]. The standard InChI is InChI=1S/C11H14F3N.4ClH.Ti/c1-2-3-7-15-10-6-4-5-9(8-10)11(12,13)14;;;;;/h4-6,8,15H,2-3,7H2,1H3;4*1H;/q;;;;;+4/p-4. The predicted octanol–water partition coefficient (Wildman–Crippen LogP) is 6.67. The second kappa shape index (κ2) is 9.65. The minimum absolute atomic E-state index is 0.526. The van der Waals surface area contributed by atoms with Gasteiger partial charge in [-0.2, -0.15) is 13.2 Å². The van der Waals surface area contributed by atoms with Crippen molar-refractivity contribution in [3.05, 3.63) is 29.8 Å². The Morgan fingerprint density at radius 3 is 2.15 bits per heavy atom. The average Bonchev–Trinajstić information content (AvgIpc) is 2.26. The normalized spacial score (nSPS) is 11.6. The summed E-state index contributed by atoms with van der Waals surface area (Å²) in [7, 11) is 20.1. The molecule has 0 saturated carbocycles. The fourth-order valence-corrected chi connectivity index (χ4v) is 1.21. The summed E-state index contributed by atoms with van der Waals surface area (Å²) in [4.78, 5) is 0. The molecular formula is C11H14Cl4F3NTi. The fraction of sp³-hybridized carbons (Fsp3) is 0.455. The number of unbranched alkanes of at least 4 members (excludes halogenated alkanes) is 1. The zero-order chi connectivity index (χ0) is 15.8.